The first-order valence-corrected chi connectivity index (χ1v) is 6.18. The summed E-state index contributed by atoms with van der Waals surface area (Å²) in [6.45, 7) is 8.16. The lowest BCUT2D eigenvalue weighted by Crippen LogP contribution is -2.19. The van der Waals surface area contributed by atoms with Gasteiger partial charge < -0.3 is 0 Å². The Labute approximate surface area is 111 Å². The lowest BCUT2D eigenvalue weighted by molar-refractivity contribution is 0.586. The predicted molar refractivity (Wildman–Crippen MR) is 78.6 cm³/mol. The Morgan fingerprint density at radius 3 is 2.68 bits per heavy atom. The fraction of sp³-hybridized carbons (Fsp3) is 0.357. The van der Waals surface area contributed by atoms with Gasteiger partial charge in [-0.3, -0.25) is 9.78 Å². The molecule has 100 valence electrons. The molecule has 1 heterocycles. The number of aromatic amines is 1. The Kier molecular flexibility index (Phi) is 3.38. The van der Waals surface area contributed by atoms with Crippen LogP contribution in [0.4, 0.5) is 5.95 Å². The van der Waals surface area contributed by atoms with E-state index in [0.717, 1.165) is 5.71 Å². The summed E-state index contributed by atoms with van der Waals surface area (Å²) in [5, 5.41) is 4.82. The van der Waals surface area contributed by atoms with E-state index in [1.807, 2.05) is 19.1 Å². The van der Waals surface area contributed by atoms with Crippen molar-refractivity contribution in [1.29, 1.82) is 0 Å². The van der Waals surface area contributed by atoms with E-state index in [1.54, 1.807) is 12.1 Å². The molecule has 0 radical (unpaired) electrons. The van der Waals surface area contributed by atoms with Crippen molar-refractivity contribution in [3.05, 3.63) is 34.6 Å². The van der Waals surface area contributed by atoms with Gasteiger partial charge >= 0.3 is 0 Å². The fourth-order valence-electron chi connectivity index (χ4n) is 1.44. The summed E-state index contributed by atoms with van der Waals surface area (Å²) in [6.07, 6.45) is 0. The molecule has 1 aromatic carbocycles. The minimum Gasteiger partial charge on any atom is -0.291 e. The van der Waals surface area contributed by atoms with Gasteiger partial charge in [0.25, 0.3) is 5.56 Å². The molecule has 1 aromatic heterocycles. The summed E-state index contributed by atoms with van der Waals surface area (Å²) >= 11 is 0. The van der Waals surface area contributed by atoms with Gasteiger partial charge in [0, 0.05) is 11.1 Å². The third kappa shape index (κ3) is 2.99. The number of hydrogen-bond donors (Lipinski definition) is 2. The molecule has 2 rings (SSSR count). The van der Waals surface area contributed by atoms with E-state index < -0.39 is 0 Å². The van der Waals surface area contributed by atoms with E-state index in [-0.39, 0.29) is 11.0 Å². The molecule has 5 nitrogen and oxygen atoms in total. The molecule has 0 amide bonds. The maximum atomic E-state index is 11.9. The average Bonchev–Trinajstić information content (AvgIpc) is 2.35. The zero-order valence-electron chi connectivity index (χ0n) is 11.6. The fourth-order valence-corrected chi connectivity index (χ4v) is 1.44. The van der Waals surface area contributed by atoms with Crippen LogP contribution in [0.2, 0.25) is 0 Å². The van der Waals surface area contributed by atoms with Crippen LogP contribution in [0, 0.1) is 5.41 Å². The van der Waals surface area contributed by atoms with Gasteiger partial charge in [-0.05, 0) is 19.1 Å². The lowest BCUT2D eigenvalue weighted by atomic mass is 9.91. The van der Waals surface area contributed by atoms with Gasteiger partial charge in [0.15, 0.2) is 0 Å². The average molecular weight is 258 g/mol. The number of H-pyrrole nitrogens is 1. The summed E-state index contributed by atoms with van der Waals surface area (Å²) in [5.41, 5.74) is 4.20. The van der Waals surface area contributed by atoms with Gasteiger partial charge in [-0.25, -0.2) is 10.4 Å². The number of anilines is 1. The topological polar surface area (TPSA) is 70.1 Å². The minimum absolute atomic E-state index is 0.0237. The Bertz CT molecular complexity index is 680. The molecular weight excluding hydrogens is 240 g/mol. The standard InChI is InChI=1S/C14H18N4O/c1-9(14(2,3)4)17-18-13-15-11-8-6-5-7-10(11)12(19)16-13/h5-8H,1-4H3,(H2,15,16,18,19)/b17-9-. The lowest BCUT2D eigenvalue weighted by Gasteiger charge is -2.17. The predicted octanol–water partition coefficient (Wildman–Crippen LogP) is 2.76. The first-order chi connectivity index (χ1) is 8.88. The molecule has 0 aliphatic rings. The van der Waals surface area contributed by atoms with Crippen LogP contribution in [0.25, 0.3) is 10.9 Å². The van der Waals surface area contributed by atoms with Crippen LogP contribution >= 0.6 is 0 Å². The van der Waals surface area contributed by atoms with E-state index in [0.29, 0.717) is 16.9 Å². The Hall–Kier alpha value is -2.17. The van der Waals surface area contributed by atoms with E-state index in [1.165, 1.54) is 0 Å². The molecule has 0 spiro atoms. The minimum atomic E-state index is -0.170. The van der Waals surface area contributed by atoms with Crippen molar-refractivity contribution in [1.82, 2.24) is 9.97 Å². The summed E-state index contributed by atoms with van der Waals surface area (Å²) < 4.78 is 0. The second-order valence-electron chi connectivity index (χ2n) is 5.49. The van der Waals surface area contributed by atoms with Crippen molar-refractivity contribution in [2.75, 3.05) is 5.43 Å². The third-order valence-electron chi connectivity index (χ3n) is 3.03. The van der Waals surface area contributed by atoms with E-state index >= 15 is 0 Å². The van der Waals surface area contributed by atoms with Gasteiger partial charge in [0.1, 0.15) is 0 Å². The molecule has 0 saturated heterocycles. The van der Waals surface area contributed by atoms with Crippen molar-refractivity contribution in [3.8, 4) is 0 Å². The zero-order valence-corrected chi connectivity index (χ0v) is 11.6. The molecule has 2 N–H and O–H groups in total. The second-order valence-corrected chi connectivity index (χ2v) is 5.49. The molecule has 0 aliphatic heterocycles. The molecule has 5 heteroatoms. The monoisotopic (exact) mass is 258 g/mol. The SMILES string of the molecule is C/C(=N/Nc1nc2ccccc2c(=O)[nH]1)C(C)(C)C. The molecule has 0 fully saturated rings. The summed E-state index contributed by atoms with van der Waals surface area (Å²) in [7, 11) is 0. The van der Waals surface area contributed by atoms with Crippen molar-refractivity contribution in [3.63, 3.8) is 0 Å². The maximum absolute atomic E-state index is 11.9. The first kappa shape index (κ1) is 13.3. The molecular formula is C14H18N4O. The van der Waals surface area contributed by atoms with Gasteiger partial charge in [-0.15, -0.1) is 0 Å². The van der Waals surface area contributed by atoms with Gasteiger partial charge in [0.2, 0.25) is 5.95 Å². The van der Waals surface area contributed by atoms with Crippen molar-refractivity contribution in [2.24, 2.45) is 10.5 Å². The van der Waals surface area contributed by atoms with Crippen LogP contribution in [-0.2, 0) is 0 Å². The number of para-hydroxylation sites is 1. The van der Waals surface area contributed by atoms with Crippen LogP contribution < -0.4 is 11.0 Å². The number of hydrogen-bond acceptors (Lipinski definition) is 4. The smallest absolute Gasteiger partial charge is 0.260 e. The van der Waals surface area contributed by atoms with E-state index in [2.05, 4.69) is 41.3 Å². The van der Waals surface area contributed by atoms with Crippen molar-refractivity contribution >= 4 is 22.6 Å². The molecule has 0 unspecified atom stereocenters. The molecule has 0 atom stereocenters. The highest BCUT2D eigenvalue weighted by Gasteiger charge is 2.14. The quantitative estimate of drug-likeness (QED) is 0.642. The highest BCUT2D eigenvalue weighted by Crippen LogP contribution is 2.15. The Balaban J connectivity index is 2.35. The molecule has 0 bridgehead atoms. The summed E-state index contributed by atoms with van der Waals surface area (Å²) in [5.74, 6) is 0.354. The third-order valence-corrected chi connectivity index (χ3v) is 3.03. The van der Waals surface area contributed by atoms with Crippen molar-refractivity contribution in [2.45, 2.75) is 27.7 Å². The number of fused-ring (bicyclic) bond motifs is 1. The van der Waals surface area contributed by atoms with E-state index in [9.17, 15) is 4.79 Å². The highest BCUT2D eigenvalue weighted by molar-refractivity contribution is 5.87. The number of rotatable bonds is 2. The van der Waals surface area contributed by atoms with Gasteiger partial charge in [0.05, 0.1) is 10.9 Å². The van der Waals surface area contributed by atoms with Crippen LogP contribution in [0.5, 0.6) is 0 Å². The Morgan fingerprint density at radius 2 is 2.00 bits per heavy atom. The number of nitrogens with one attached hydrogen (secondary N) is 2. The molecule has 19 heavy (non-hydrogen) atoms. The second kappa shape index (κ2) is 4.84. The highest BCUT2D eigenvalue weighted by atomic mass is 16.1. The van der Waals surface area contributed by atoms with Crippen molar-refractivity contribution < 1.29 is 0 Å². The normalized spacial score (nSPS) is 12.7. The number of nitrogens with zero attached hydrogens (tertiary/aromatic N) is 2. The first-order valence-electron chi connectivity index (χ1n) is 6.18. The van der Waals surface area contributed by atoms with Gasteiger partial charge in [-0.2, -0.15) is 5.10 Å². The van der Waals surface area contributed by atoms with E-state index in [4.69, 9.17) is 0 Å². The van der Waals surface area contributed by atoms with Crippen LogP contribution in [0.1, 0.15) is 27.7 Å². The molecule has 0 aliphatic carbocycles. The maximum Gasteiger partial charge on any atom is 0.260 e. The summed E-state index contributed by atoms with van der Waals surface area (Å²) in [6, 6.07) is 7.21. The summed E-state index contributed by atoms with van der Waals surface area (Å²) in [4.78, 5) is 18.8. The van der Waals surface area contributed by atoms with Crippen LogP contribution in [-0.4, -0.2) is 15.7 Å². The van der Waals surface area contributed by atoms with Gasteiger partial charge in [-0.1, -0.05) is 32.9 Å². The zero-order chi connectivity index (χ0) is 14.0. The van der Waals surface area contributed by atoms with Crippen LogP contribution in [0.15, 0.2) is 34.2 Å². The molecule has 2 aromatic rings. The largest absolute Gasteiger partial charge is 0.291 e. The Morgan fingerprint density at radius 1 is 1.32 bits per heavy atom. The molecule has 0 saturated carbocycles. The number of benzene rings is 1. The number of aromatic nitrogens is 2. The number of hydrazone groups is 1. The van der Waals surface area contributed by atoms with Crippen LogP contribution in [0.3, 0.4) is 0 Å².